The van der Waals surface area contributed by atoms with Gasteiger partial charge in [0.25, 0.3) is 6.29 Å². The third-order valence-electron chi connectivity index (χ3n) is 8.13. The number of hydroxylamine groups is 1. The number of aliphatic hydroxyl groups excluding tert-OH is 4. The van der Waals surface area contributed by atoms with E-state index in [2.05, 4.69) is 10.8 Å². The highest BCUT2D eigenvalue weighted by atomic mass is 35.5. The number of carbonyl (C=O) groups is 1. The molecule has 0 bridgehead atoms. The number of allylic oxidation sites excluding steroid dienone is 1. The summed E-state index contributed by atoms with van der Waals surface area (Å²) in [5.41, 5.74) is 2.00. The summed E-state index contributed by atoms with van der Waals surface area (Å²) in [5.74, 6) is -1.90. The molecule has 1 aliphatic carbocycles. The van der Waals surface area contributed by atoms with E-state index in [1.807, 2.05) is 0 Å². The van der Waals surface area contributed by atoms with E-state index in [9.17, 15) is 30.3 Å². The second-order valence-corrected chi connectivity index (χ2v) is 11.9. The molecule has 3 aliphatic rings. The Kier molecular flexibility index (Phi) is 10.2. The molecule has 0 spiro atoms. The third-order valence-corrected chi connectivity index (χ3v) is 8.50. The fourth-order valence-corrected chi connectivity index (χ4v) is 5.56. The van der Waals surface area contributed by atoms with Crippen LogP contribution >= 0.6 is 11.6 Å². The Labute approximate surface area is 268 Å². The third kappa shape index (κ3) is 6.86. The molecule has 2 aliphatic heterocycles. The van der Waals surface area contributed by atoms with Gasteiger partial charge in [0.05, 0.1) is 11.7 Å². The highest BCUT2D eigenvalue weighted by molar-refractivity contribution is 6.31. The van der Waals surface area contributed by atoms with Gasteiger partial charge in [0, 0.05) is 10.6 Å². The van der Waals surface area contributed by atoms with Gasteiger partial charge < -0.3 is 49.8 Å². The topological polar surface area (TPSA) is 188 Å². The van der Waals surface area contributed by atoms with Gasteiger partial charge in [-0.05, 0) is 56.2 Å². The van der Waals surface area contributed by atoms with E-state index >= 15 is 4.39 Å². The summed E-state index contributed by atoms with van der Waals surface area (Å²) in [7, 11) is 0. The summed E-state index contributed by atoms with van der Waals surface area (Å²) in [4.78, 5) is 18.3. The quantitative estimate of drug-likeness (QED) is 0.149. The normalized spacial score (nSPS) is 33.7. The van der Waals surface area contributed by atoms with Crippen LogP contribution in [-0.4, -0.2) is 92.8 Å². The maximum atomic E-state index is 15.1. The van der Waals surface area contributed by atoms with Crippen LogP contribution < -0.4 is 15.5 Å². The lowest BCUT2D eigenvalue weighted by atomic mass is 9.83. The van der Waals surface area contributed by atoms with Gasteiger partial charge in [0.1, 0.15) is 50.0 Å². The predicted molar refractivity (Wildman–Crippen MR) is 159 cm³/mol. The number of carbonyl (C=O) groups excluding carboxylic acids is 1. The van der Waals surface area contributed by atoms with Crippen molar-refractivity contribution < 1.29 is 58.5 Å². The van der Waals surface area contributed by atoms with Crippen LogP contribution in [0.2, 0.25) is 5.02 Å². The zero-order valence-electron chi connectivity index (χ0n) is 25.1. The molecule has 2 aromatic rings. The van der Waals surface area contributed by atoms with E-state index in [-0.39, 0.29) is 41.7 Å². The van der Waals surface area contributed by atoms with Crippen LogP contribution in [0.5, 0.6) is 5.75 Å². The zero-order valence-corrected chi connectivity index (χ0v) is 25.8. The number of fused-ring (bicyclic) bond motifs is 1. The molecule has 3 fully saturated rings. The van der Waals surface area contributed by atoms with Crippen molar-refractivity contribution in [3.8, 4) is 5.75 Å². The van der Waals surface area contributed by atoms with Crippen molar-refractivity contribution in [1.82, 2.24) is 10.8 Å². The Morgan fingerprint density at radius 1 is 1.09 bits per heavy atom. The average molecular weight is 667 g/mol. The van der Waals surface area contributed by atoms with E-state index in [0.717, 1.165) is 11.6 Å². The van der Waals surface area contributed by atoms with Crippen LogP contribution in [0.3, 0.4) is 0 Å². The van der Waals surface area contributed by atoms with Crippen molar-refractivity contribution in [3.05, 3.63) is 81.5 Å². The first kappa shape index (κ1) is 34.0. The van der Waals surface area contributed by atoms with Gasteiger partial charge in [0.2, 0.25) is 5.91 Å². The van der Waals surface area contributed by atoms with E-state index in [1.54, 1.807) is 31.2 Å². The first-order valence-corrected chi connectivity index (χ1v) is 14.8. The minimum Gasteiger partial charge on any atom is -0.451 e. The zero-order chi connectivity index (χ0) is 33.3. The Balaban J connectivity index is 1.21. The van der Waals surface area contributed by atoms with Crippen molar-refractivity contribution in [2.24, 2.45) is 0 Å². The molecule has 0 radical (unpaired) electrons. The largest absolute Gasteiger partial charge is 0.451 e. The Morgan fingerprint density at radius 3 is 2.48 bits per heavy atom. The summed E-state index contributed by atoms with van der Waals surface area (Å²) in [6, 6.07) is 9.63. The number of benzene rings is 2. The summed E-state index contributed by atoms with van der Waals surface area (Å²) in [6.07, 6.45) is -7.80. The molecule has 15 heteroatoms. The molecule has 13 nitrogen and oxygen atoms in total. The highest BCUT2D eigenvalue weighted by Crippen LogP contribution is 2.37. The molecule has 0 aromatic heterocycles. The number of nitrogens with one attached hydrogen (secondary N) is 2. The average Bonchev–Trinajstić information content (AvgIpc) is 3.60. The first-order chi connectivity index (χ1) is 21.8. The number of aliphatic hydroxyl groups is 5. The SMILES string of the molecule is CC(=Cc1ccc(O[C@@H]2OC(=C(C)NOCc3ccccc3Cl)[C@H](O)[C@@]2(C)O)c(F)c1)C(=O)N[C@@H]1[C@H](O)[C@@H](O)[C@H]2OCO[C@H]2[C@@H]1O. The Hall–Kier alpha value is -3.31. The van der Waals surface area contributed by atoms with Crippen LogP contribution in [0.1, 0.15) is 31.9 Å². The molecular weight excluding hydrogens is 631 g/mol. The summed E-state index contributed by atoms with van der Waals surface area (Å²) in [6.45, 7) is 4.20. The molecule has 1 amide bonds. The van der Waals surface area contributed by atoms with Crippen LogP contribution in [0.15, 0.2) is 59.5 Å². The lowest BCUT2D eigenvalue weighted by molar-refractivity contribution is -0.155. The van der Waals surface area contributed by atoms with Gasteiger partial charge >= 0.3 is 0 Å². The molecule has 7 N–H and O–H groups in total. The van der Waals surface area contributed by atoms with Crippen LogP contribution in [0, 0.1) is 5.82 Å². The van der Waals surface area contributed by atoms with Gasteiger partial charge in [-0.3, -0.25) is 15.1 Å². The van der Waals surface area contributed by atoms with Crippen molar-refractivity contribution in [3.63, 3.8) is 0 Å². The number of amides is 1. The monoisotopic (exact) mass is 666 g/mol. The molecule has 2 aromatic carbocycles. The van der Waals surface area contributed by atoms with E-state index < -0.39 is 66.3 Å². The maximum absolute atomic E-state index is 15.1. The highest BCUT2D eigenvalue weighted by Gasteiger charge is 2.54. The lowest BCUT2D eigenvalue weighted by Crippen LogP contribution is -2.67. The van der Waals surface area contributed by atoms with E-state index in [1.165, 1.54) is 32.1 Å². The lowest BCUT2D eigenvalue weighted by Gasteiger charge is -2.41. The number of hydrogen-bond donors (Lipinski definition) is 7. The van der Waals surface area contributed by atoms with Gasteiger partial charge in [-0.2, -0.15) is 0 Å². The number of rotatable bonds is 9. The molecule has 5 rings (SSSR count). The standard InChI is InChI=1S/C31H36ClFN2O11/c1-14(29(40)34-21-22(36)24(38)27-26(23(21)37)42-13-43-27)10-16-8-9-20(19(33)11-16)45-30-31(3,41)28(39)25(46-30)15(2)35-44-12-17-6-4-5-7-18(17)32/h4-11,21-24,26-28,30,35-39,41H,12-13H2,1-3H3,(H,34,40)/t21-,22+,23-,24-,26+,27-,28+,30-,31-/m1/s1. The van der Waals surface area contributed by atoms with E-state index in [4.69, 9.17) is 35.4 Å². The van der Waals surface area contributed by atoms with Crippen LogP contribution in [-0.2, 0) is 30.4 Å². The number of hydrogen-bond acceptors (Lipinski definition) is 12. The van der Waals surface area contributed by atoms with Crippen LogP contribution in [0.25, 0.3) is 6.08 Å². The van der Waals surface area contributed by atoms with Gasteiger partial charge in [-0.15, -0.1) is 0 Å². The molecule has 1 saturated carbocycles. The first-order valence-electron chi connectivity index (χ1n) is 14.4. The van der Waals surface area contributed by atoms with Crippen molar-refractivity contribution in [2.45, 2.75) is 81.9 Å². The second-order valence-electron chi connectivity index (χ2n) is 11.5. The Morgan fingerprint density at radius 2 is 1.78 bits per heavy atom. The summed E-state index contributed by atoms with van der Waals surface area (Å²) < 4.78 is 36.9. The number of halogens is 2. The van der Waals surface area contributed by atoms with Gasteiger partial charge in [0.15, 0.2) is 22.9 Å². The fourth-order valence-electron chi connectivity index (χ4n) is 5.37. The summed E-state index contributed by atoms with van der Waals surface area (Å²) >= 11 is 6.13. The minimum absolute atomic E-state index is 0.0704. The van der Waals surface area contributed by atoms with Gasteiger partial charge in [-0.25, -0.2) is 4.39 Å². The van der Waals surface area contributed by atoms with Crippen molar-refractivity contribution in [1.29, 1.82) is 0 Å². The molecule has 2 heterocycles. The predicted octanol–water partition coefficient (Wildman–Crippen LogP) is 1.00. The van der Waals surface area contributed by atoms with E-state index in [0.29, 0.717) is 5.02 Å². The second kappa shape index (κ2) is 13.8. The minimum atomic E-state index is -1.97. The molecule has 0 unspecified atom stereocenters. The Bertz CT molecular complexity index is 1500. The molecular formula is C31H36ClFN2O11. The smallest absolute Gasteiger partial charge is 0.272 e. The number of ether oxygens (including phenoxy) is 4. The molecule has 2 saturated heterocycles. The van der Waals surface area contributed by atoms with Crippen molar-refractivity contribution in [2.75, 3.05) is 6.79 Å². The van der Waals surface area contributed by atoms with Crippen molar-refractivity contribution >= 4 is 23.6 Å². The molecule has 9 atom stereocenters. The van der Waals surface area contributed by atoms with Gasteiger partial charge in [-0.1, -0.05) is 35.9 Å². The van der Waals surface area contributed by atoms with Crippen LogP contribution in [0.4, 0.5) is 4.39 Å². The fraction of sp³-hybridized carbons (Fsp3) is 0.452. The molecule has 46 heavy (non-hydrogen) atoms. The summed E-state index contributed by atoms with van der Waals surface area (Å²) in [5, 5.41) is 56.0. The molecule has 250 valence electrons. The maximum Gasteiger partial charge on any atom is 0.272 e.